The number of carbonyl (C=O) groups excluding carboxylic acids is 1. The molecule has 0 aromatic heterocycles. The molecule has 2 N–H and O–H groups in total. The first-order valence-corrected chi connectivity index (χ1v) is 9.31. The van der Waals surface area contributed by atoms with Crippen molar-refractivity contribution < 1.29 is 24.5 Å². The number of benzene rings is 2. The van der Waals surface area contributed by atoms with Gasteiger partial charge in [0.25, 0.3) is 0 Å². The van der Waals surface area contributed by atoms with Gasteiger partial charge in [-0.3, -0.25) is 9.59 Å². The van der Waals surface area contributed by atoms with Crippen molar-refractivity contribution in [3.8, 4) is 5.75 Å². The van der Waals surface area contributed by atoms with Crippen molar-refractivity contribution >= 4 is 11.9 Å². The molecule has 1 aliphatic rings. The van der Waals surface area contributed by atoms with E-state index in [9.17, 15) is 19.8 Å². The molecule has 148 valence electrons. The number of carboxylic acids is 1. The van der Waals surface area contributed by atoms with Gasteiger partial charge in [0, 0.05) is 13.1 Å². The fourth-order valence-electron chi connectivity index (χ4n) is 3.72. The number of methoxy groups -OCH3 is 1. The summed E-state index contributed by atoms with van der Waals surface area (Å²) in [5, 5.41) is 20.6. The third-order valence-corrected chi connectivity index (χ3v) is 5.51. The van der Waals surface area contributed by atoms with E-state index in [1.807, 2.05) is 42.5 Å². The topological polar surface area (TPSA) is 87.1 Å². The number of ether oxygens (including phenoxy) is 1. The first-order chi connectivity index (χ1) is 13.4. The number of β-amino-alcohol motifs (C(OH)–C–C–N with tert-alkyl or cyclic N) is 1. The Morgan fingerprint density at radius 3 is 2.36 bits per heavy atom. The van der Waals surface area contributed by atoms with Gasteiger partial charge in [0.05, 0.1) is 19.6 Å². The molecule has 1 aliphatic heterocycles. The van der Waals surface area contributed by atoms with E-state index < -0.39 is 17.5 Å². The second kappa shape index (κ2) is 8.44. The van der Waals surface area contributed by atoms with E-state index in [-0.39, 0.29) is 31.7 Å². The average Bonchev–Trinajstić information content (AvgIpc) is 2.70. The van der Waals surface area contributed by atoms with E-state index >= 15 is 0 Å². The third-order valence-electron chi connectivity index (χ3n) is 5.51. The van der Waals surface area contributed by atoms with Crippen molar-refractivity contribution in [3.05, 3.63) is 65.7 Å². The van der Waals surface area contributed by atoms with Crippen molar-refractivity contribution in [2.75, 3.05) is 20.2 Å². The van der Waals surface area contributed by atoms with Crippen LogP contribution in [0.4, 0.5) is 0 Å². The van der Waals surface area contributed by atoms with Gasteiger partial charge in [-0.25, -0.2) is 0 Å². The van der Waals surface area contributed by atoms with Crippen molar-refractivity contribution in [3.63, 3.8) is 0 Å². The highest BCUT2D eigenvalue weighted by atomic mass is 16.5. The van der Waals surface area contributed by atoms with Gasteiger partial charge in [-0.15, -0.1) is 0 Å². The summed E-state index contributed by atoms with van der Waals surface area (Å²) < 4.78 is 5.11. The highest BCUT2D eigenvalue weighted by Gasteiger charge is 2.49. The zero-order valence-electron chi connectivity index (χ0n) is 15.9. The number of piperidine rings is 1. The Hall–Kier alpha value is -2.86. The van der Waals surface area contributed by atoms with Crippen LogP contribution in [0.25, 0.3) is 0 Å². The van der Waals surface area contributed by atoms with Crippen molar-refractivity contribution in [2.24, 2.45) is 5.41 Å². The monoisotopic (exact) mass is 383 g/mol. The maximum absolute atomic E-state index is 12.6. The molecule has 1 amide bonds. The maximum atomic E-state index is 12.6. The molecule has 0 aliphatic carbocycles. The highest BCUT2D eigenvalue weighted by molar-refractivity contribution is 5.80. The lowest BCUT2D eigenvalue weighted by atomic mass is 9.71. The Morgan fingerprint density at radius 1 is 1.11 bits per heavy atom. The van der Waals surface area contributed by atoms with Crippen LogP contribution in [0.1, 0.15) is 17.5 Å². The van der Waals surface area contributed by atoms with Crippen LogP contribution in [0.5, 0.6) is 5.75 Å². The number of amides is 1. The van der Waals surface area contributed by atoms with Crippen molar-refractivity contribution in [1.29, 1.82) is 0 Å². The molecule has 2 aromatic rings. The van der Waals surface area contributed by atoms with Gasteiger partial charge in [-0.2, -0.15) is 0 Å². The zero-order chi connectivity index (χ0) is 20.1. The molecular formula is C22H25NO5. The van der Waals surface area contributed by atoms with Crippen molar-refractivity contribution in [2.45, 2.75) is 25.4 Å². The van der Waals surface area contributed by atoms with Gasteiger partial charge in [-0.05, 0) is 36.1 Å². The predicted molar refractivity (Wildman–Crippen MR) is 104 cm³/mol. The summed E-state index contributed by atoms with van der Waals surface area (Å²) in [6, 6.07) is 16.5. The Morgan fingerprint density at radius 2 is 1.79 bits per heavy atom. The molecule has 1 fully saturated rings. The summed E-state index contributed by atoms with van der Waals surface area (Å²) in [6.07, 6.45) is -0.466. The molecule has 1 unspecified atom stereocenters. The lowest BCUT2D eigenvalue weighted by Crippen LogP contribution is -2.57. The number of aliphatic hydroxyl groups excluding tert-OH is 1. The average molecular weight is 383 g/mol. The molecule has 0 bridgehead atoms. The molecule has 0 radical (unpaired) electrons. The fourth-order valence-corrected chi connectivity index (χ4v) is 3.72. The number of aliphatic carboxylic acids is 1. The van der Waals surface area contributed by atoms with Crippen LogP contribution in [0, 0.1) is 5.41 Å². The van der Waals surface area contributed by atoms with Crippen LogP contribution in [-0.2, 0) is 22.4 Å². The van der Waals surface area contributed by atoms with Crippen LogP contribution in [0.2, 0.25) is 0 Å². The first-order valence-electron chi connectivity index (χ1n) is 9.31. The number of hydrogen-bond acceptors (Lipinski definition) is 4. The quantitative estimate of drug-likeness (QED) is 0.798. The van der Waals surface area contributed by atoms with Gasteiger partial charge in [-0.1, -0.05) is 42.5 Å². The zero-order valence-corrected chi connectivity index (χ0v) is 15.9. The van der Waals surface area contributed by atoms with E-state index in [2.05, 4.69) is 0 Å². The molecule has 28 heavy (non-hydrogen) atoms. The molecule has 6 nitrogen and oxygen atoms in total. The predicted octanol–water partition coefficient (Wildman–Crippen LogP) is 2.14. The molecule has 2 aromatic carbocycles. The van der Waals surface area contributed by atoms with Crippen molar-refractivity contribution in [1.82, 2.24) is 4.90 Å². The van der Waals surface area contributed by atoms with Gasteiger partial charge in [0.15, 0.2) is 0 Å². The number of rotatable bonds is 6. The van der Waals surface area contributed by atoms with Crippen LogP contribution >= 0.6 is 0 Å². The third kappa shape index (κ3) is 4.17. The SMILES string of the molecule is COc1ccc(CC(=O)N2CC[C@](Cc3ccccc3)(C(=O)O)C(O)C2)cc1. The Bertz CT molecular complexity index is 821. The van der Waals surface area contributed by atoms with Crippen LogP contribution in [0.3, 0.4) is 0 Å². The van der Waals surface area contributed by atoms with E-state index in [1.165, 1.54) is 0 Å². The molecule has 2 atom stereocenters. The summed E-state index contributed by atoms with van der Waals surface area (Å²) in [6.45, 7) is 0.333. The fraction of sp³-hybridized carbons (Fsp3) is 0.364. The lowest BCUT2D eigenvalue weighted by Gasteiger charge is -2.43. The highest BCUT2D eigenvalue weighted by Crippen LogP contribution is 2.36. The molecule has 1 saturated heterocycles. The number of hydrogen-bond donors (Lipinski definition) is 2. The van der Waals surface area contributed by atoms with Crippen LogP contribution < -0.4 is 4.74 Å². The largest absolute Gasteiger partial charge is 0.497 e. The van der Waals surface area contributed by atoms with Crippen LogP contribution in [0.15, 0.2) is 54.6 Å². The first kappa shape index (κ1) is 19.9. The Balaban J connectivity index is 1.68. The standard InChI is InChI=1S/C22H25NO5/c1-28-18-9-7-16(8-10-18)13-20(25)23-12-11-22(21(26)27,19(24)15-23)14-17-5-3-2-4-6-17/h2-10,19,24H,11-15H2,1H3,(H,26,27)/t19?,22-/m1/s1. The van der Waals surface area contributed by atoms with Gasteiger partial charge >= 0.3 is 5.97 Å². The molecule has 0 saturated carbocycles. The van der Waals surface area contributed by atoms with Gasteiger partial charge in [0.2, 0.25) is 5.91 Å². The summed E-state index contributed by atoms with van der Waals surface area (Å²) in [5.74, 6) is -0.425. The van der Waals surface area contributed by atoms with Gasteiger partial charge in [0.1, 0.15) is 11.2 Å². The minimum Gasteiger partial charge on any atom is -0.497 e. The molecular weight excluding hydrogens is 358 g/mol. The smallest absolute Gasteiger partial charge is 0.312 e. The lowest BCUT2D eigenvalue weighted by molar-refractivity contribution is -0.165. The molecule has 0 spiro atoms. The normalized spacial score (nSPS) is 21.9. The summed E-state index contributed by atoms with van der Waals surface area (Å²) in [4.78, 5) is 26.2. The second-order valence-electron chi connectivity index (χ2n) is 7.25. The molecule has 3 rings (SSSR count). The summed E-state index contributed by atoms with van der Waals surface area (Å²) in [7, 11) is 1.58. The minimum atomic E-state index is -1.28. The van der Waals surface area contributed by atoms with E-state index in [0.717, 1.165) is 16.9 Å². The summed E-state index contributed by atoms with van der Waals surface area (Å²) >= 11 is 0. The number of carbonyl (C=O) groups is 2. The van der Waals surface area contributed by atoms with Crippen LogP contribution in [-0.4, -0.2) is 53.3 Å². The Labute approximate surface area is 164 Å². The van der Waals surface area contributed by atoms with E-state index in [1.54, 1.807) is 24.1 Å². The number of carboxylic acid groups (broad SMARTS) is 1. The number of aliphatic hydroxyl groups is 1. The Kier molecular flexibility index (Phi) is 5.99. The minimum absolute atomic E-state index is 0.0219. The van der Waals surface area contributed by atoms with E-state index in [4.69, 9.17) is 4.74 Å². The number of likely N-dealkylation sites (tertiary alicyclic amines) is 1. The number of nitrogens with zero attached hydrogens (tertiary/aromatic N) is 1. The van der Waals surface area contributed by atoms with E-state index in [0.29, 0.717) is 6.54 Å². The molecule has 1 heterocycles. The second-order valence-corrected chi connectivity index (χ2v) is 7.25. The maximum Gasteiger partial charge on any atom is 0.312 e. The molecule has 6 heteroatoms. The van der Waals surface area contributed by atoms with Gasteiger partial charge < -0.3 is 19.8 Å². The summed E-state index contributed by atoms with van der Waals surface area (Å²) in [5.41, 5.74) is 0.430.